The van der Waals surface area contributed by atoms with E-state index in [4.69, 9.17) is 0 Å². The first kappa shape index (κ1) is 19.7. The van der Waals surface area contributed by atoms with Gasteiger partial charge >= 0.3 is 0 Å². The molecule has 0 aromatic heterocycles. The van der Waals surface area contributed by atoms with Crippen LogP contribution in [0.25, 0.3) is 0 Å². The van der Waals surface area contributed by atoms with Crippen molar-refractivity contribution in [2.75, 3.05) is 19.6 Å². The third-order valence-corrected chi connectivity index (χ3v) is 3.93. The average molecular weight is 307 g/mol. The van der Waals surface area contributed by atoms with E-state index in [1.165, 1.54) is 12.8 Å². The molecular weight excluding hydrogens is 276 g/mol. The van der Waals surface area contributed by atoms with Crippen molar-refractivity contribution in [2.45, 2.75) is 52.6 Å². The number of carbonyl (C=O) groups is 1. The number of aliphatic hydroxyl groups excluding tert-OH is 1. The highest BCUT2D eigenvalue weighted by Crippen LogP contribution is 2.22. The minimum absolute atomic E-state index is 0. The second-order valence-corrected chi connectivity index (χ2v) is 6.38. The summed E-state index contributed by atoms with van der Waals surface area (Å²) in [5.74, 6) is 1.55. The van der Waals surface area contributed by atoms with Gasteiger partial charge in [0.15, 0.2) is 0 Å². The molecule has 0 aromatic rings. The van der Waals surface area contributed by atoms with E-state index in [1.807, 2.05) is 0 Å². The molecule has 0 radical (unpaired) electrons. The molecule has 1 saturated heterocycles. The topological polar surface area (TPSA) is 61.4 Å². The fourth-order valence-corrected chi connectivity index (χ4v) is 2.75. The summed E-state index contributed by atoms with van der Waals surface area (Å²) in [6, 6.07) is 0. The van der Waals surface area contributed by atoms with Gasteiger partial charge in [0.05, 0.1) is 6.10 Å². The SMILES string of the molecule is CC(C)CC(O)CNC(=O)CC(C)C1CCCNC1.Cl. The maximum absolute atomic E-state index is 11.8. The summed E-state index contributed by atoms with van der Waals surface area (Å²) in [6.45, 7) is 8.82. The Morgan fingerprint density at radius 1 is 1.40 bits per heavy atom. The Bertz CT molecular complexity index is 269. The summed E-state index contributed by atoms with van der Waals surface area (Å²) in [5.41, 5.74) is 0. The van der Waals surface area contributed by atoms with E-state index in [2.05, 4.69) is 31.4 Å². The quantitative estimate of drug-likeness (QED) is 0.674. The van der Waals surface area contributed by atoms with Gasteiger partial charge in [-0.1, -0.05) is 20.8 Å². The van der Waals surface area contributed by atoms with Gasteiger partial charge in [0.25, 0.3) is 0 Å². The molecule has 3 unspecified atom stereocenters. The normalized spacial score (nSPS) is 21.9. The Labute approximate surface area is 129 Å². The summed E-state index contributed by atoms with van der Waals surface area (Å²) in [7, 11) is 0. The van der Waals surface area contributed by atoms with Crippen molar-refractivity contribution in [1.82, 2.24) is 10.6 Å². The van der Waals surface area contributed by atoms with Crippen LogP contribution in [0.4, 0.5) is 0 Å². The Morgan fingerprint density at radius 3 is 2.65 bits per heavy atom. The maximum atomic E-state index is 11.8. The number of hydrogen-bond acceptors (Lipinski definition) is 3. The Hall–Kier alpha value is -0.320. The molecule has 0 bridgehead atoms. The van der Waals surface area contributed by atoms with Crippen molar-refractivity contribution in [2.24, 2.45) is 17.8 Å². The number of amides is 1. The molecule has 1 aliphatic rings. The van der Waals surface area contributed by atoms with Gasteiger partial charge in [-0.15, -0.1) is 12.4 Å². The van der Waals surface area contributed by atoms with Crippen LogP contribution in [0.15, 0.2) is 0 Å². The first-order valence-electron chi connectivity index (χ1n) is 7.64. The second kappa shape index (κ2) is 10.4. The van der Waals surface area contributed by atoms with Gasteiger partial charge in [-0.25, -0.2) is 0 Å². The van der Waals surface area contributed by atoms with Crippen molar-refractivity contribution < 1.29 is 9.90 Å². The molecule has 0 aliphatic carbocycles. The van der Waals surface area contributed by atoms with Gasteiger partial charge < -0.3 is 15.7 Å². The number of hydrogen-bond donors (Lipinski definition) is 3. The highest BCUT2D eigenvalue weighted by molar-refractivity contribution is 5.85. The van der Waals surface area contributed by atoms with E-state index in [-0.39, 0.29) is 18.3 Å². The van der Waals surface area contributed by atoms with Gasteiger partial charge in [0.1, 0.15) is 0 Å². The molecular formula is C15H31ClN2O2. The fourth-order valence-electron chi connectivity index (χ4n) is 2.75. The van der Waals surface area contributed by atoms with E-state index in [0.717, 1.165) is 19.5 Å². The predicted octanol–water partition coefficient (Wildman–Crippen LogP) is 1.96. The lowest BCUT2D eigenvalue weighted by molar-refractivity contribution is -0.122. The lowest BCUT2D eigenvalue weighted by Crippen LogP contribution is -2.37. The van der Waals surface area contributed by atoms with Gasteiger partial charge in [0, 0.05) is 13.0 Å². The average Bonchev–Trinajstić information content (AvgIpc) is 2.36. The van der Waals surface area contributed by atoms with Crippen LogP contribution < -0.4 is 10.6 Å². The molecule has 1 heterocycles. The summed E-state index contributed by atoms with van der Waals surface area (Å²) >= 11 is 0. The molecule has 0 aromatic carbocycles. The lowest BCUT2D eigenvalue weighted by Gasteiger charge is -2.28. The first-order valence-corrected chi connectivity index (χ1v) is 7.64. The summed E-state index contributed by atoms with van der Waals surface area (Å²) in [6.07, 6.45) is 3.32. The third-order valence-electron chi connectivity index (χ3n) is 3.93. The van der Waals surface area contributed by atoms with Crippen molar-refractivity contribution in [3.8, 4) is 0 Å². The number of carbonyl (C=O) groups excluding carboxylic acids is 1. The number of nitrogens with one attached hydrogen (secondary N) is 2. The number of rotatable bonds is 7. The molecule has 20 heavy (non-hydrogen) atoms. The number of piperidine rings is 1. The minimum Gasteiger partial charge on any atom is -0.391 e. The largest absolute Gasteiger partial charge is 0.391 e. The van der Waals surface area contributed by atoms with Crippen molar-refractivity contribution in [3.05, 3.63) is 0 Å². The van der Waals surface area contributed by atoms with E-state index in [0.29, 0.717) is 30.7 Å². The highest BCUT2D eigenvalue weighted by Gasteiger charge is 2.22. The van der Waals surface area contributed by atoms with Crippen LogP contribution in [0, 0.1) is 17.8 Å². The Balaban J connectivity index is 0.00000361. The molecule has 4 nitrogen and oxygen atoms in total. The molecule has 3 atom stereocenters. The van der Waals surface area contributed by atoms with Crippen molar-refractivity contribution in [3.63, 3.8) is 0 Å². The summed E-state index contributed by atoms with van der Waals surface area (Å²) < 4.78 is 0. The molecule has 1 aliphatic heterocycles. The van der Waals surface area contributed by atoms with Crippen molar-refractivity contribution >= 4 is 18.3 Å². The van der Waals surface area contributed by atoms with Crippen LogP contribution in [-0.2, 0) is 4.79 Å². The summed E-state index contributed by atoms with van der Waals surface area (Å²) in [4.78, 5) is 11.8. The van der Waals surface area contributed by atoms with Gasteiger partial charge in [-0.3, -0.25) is 4.79 Å². The molecule has 0 saturated carbocycles. The highest BCUT2D eigenvalue weighted by atomic mass is 35.5. The molecule has 1 amide bonds. The fraction of sp³-hybridized carbons (Fsp3) is 0.933. The Morgan fingerprint density at radius 2 is 2.10 bits per heavy atom. The van der Waals surface area contributed by atoms with Crippen LogP contribution in [0.2, 0.25) is 0 Å². The number of aliphatic hydroxyl groups is 1. The van der Waals surface area contributed by atoms with E-state index >= 15 is 0 Å². The van der Waals surface area contributed by atoms with E-state index in [9.17, 15) is 9.90 Å². The van der Waals surface area contributed by atoms with E-state index < -0.39 is 6.10 Å². The maximum Gasteiger partial charge on any atom is 0.220 e. The van der Waals surface area contributed by atoms with Gasteiger partial charge in [-0.05, 0) is 50.1 Å². The molecule has 1 rings (SSSR count). The van der Waals surface area contributed by atoms with Crippen molar-refractivity contribution in [1.29, 1.82) is 0 Å². The molecule has 5 heteroatoms. The minimum atomic E-state index is -0.421. The second-order valence-electron chi connectivity index (χ2n) is 6.38. The third kappa shape index (κ3) is 8.08. The monoisotopic (exact) mass is 306 g/mol. The zero-order valence-corrected chi connectivity index (χ0v) is 13.8. The van der Waals surface area contributed by atoms with Crippen LogP contribution in [0.1, 0.15) is 46.5 Å². The molecule has 120 valence electrons. The predicted molar refractivity (Wildman–Crippen MR) is 85.1 cm³/mol. The number of halogens is 1. The zero-order chi connectivity index (χ0) is 14.3. The molecule has 1 fully saturated rings. The van der Waals surface area contributed by atoms with Crippen LogP contribution in [0.3, 0.4) is 0 Å². The first-order chi connectivity index (χ1) is 8.99. The van der Waals surface area contributed by atoms with Crippen LogP contribution >= 0.6 is 12.4 Å². The lowest BCUT2D eigenvalue weighted by atomic mass is 9.85. The molecule has 3 N–H and O–H groups in total. The summed E-state index contributed by atoms with van der Waals surface area (Å²) in [5, 5.41) is 16.0. The smallest absolute Gasteiger partial charge is 0.220 e. The van der Waals surface area contributed by atoms with Gasteiger partial charge in [0.2, 0.25) is 5.91 Å². The van der Waals surface area contributed by atoms with E-state index in [1.54, 1.807) is 0 Å². The van der Waals surface area contributed by atoms with Crippen LogP contribution in [0.5, 0.6) is 0 Å². The Kier molecular flexibility index (Phi) is 10.2. The molecule has 0 spiro atoms. The zero-order valence-electron chi connectivity index (χ0n) is 13.0. The van der Waals surface area contributed by atoms with Crippen LogP contribution in [-0.4, -0.2) is 36.8 Å². The standard InChI is InChI=1S/C15H30N2O2.ClH/c1-11(2)7-14(18)10-17-15(19)8-12(3)13-5-4-6-16-9-13;/h11-14,16,18H,4-10H2,1-3H3,(H,17,19);1H. The van der Waals surface area contributed by atoms with Gasteiger partial charge in [-0.2, -0.15) is 0 Å².